The van der Waals surface area contributed by atoms with Crippen LogP contribution in [0.3, 0.4) is 0 Å². The van der Waals surface area contributed by atoms with Gasteiger partial charge in [0, 0.05) is 43.4 Å². The van der Waals surface area contributed by atoms with Crippen molar-refractivity contribution in [2.45, 2.75) is 92.9 Å². The van der Waals surface area contributed by atoms with Gasteiger partial charge in [0.1, 0.15) is 5.58 Å². The molecule has 1 aliphatic rings. The number of ketones is 1. The molecule has 0 amide bonds. The minimum absolute atomic E-state index is 0. The number of furan rings is 1. The van der Waals surface area contributed by atoms with E-state index in [1.807, 2.05) is 39.8 Å². The molecule has 5 heteroatoms. The van der Waals surface area contributed by atoms with Crippen molar-refractivity contribution in [1.29, 1.82) is 0 Å². The first-order chi connectivity index (χ1) is 21.5. The van der Waals surface area contributed by atoms with Crippen molar-refractivity contribution in [3.63, 3.8) is 0 Å². The summed E-state index contributed by atoms with van der Waals surface area (Å²) in [5.74, 6) is 1.18. The van der Waals surface area contributed by atoms with Gasteiger partial charge in [-0.05, 0) is 83.8 Å². The fourth-order valence-electron chi connectivity index (χ4n) is 6.93. The Balaban J connectivity index is 0.000000259. The molecule has 0 saturated carbocycles. The molecule has 2 aromatic heterocycles. The Labute approximate surface area is 288 Å². The van der Waals surface area contributed by atoms with Crippen molar-refractivity contribution >= 4 is 38.6 Å². The van der Waals surface area contributed by atoms with E-state index in [0.717, 1.165) is 65.4 Å². The fourth-order valence-corrected chi connectivity index (χ4v) is 6.93. The van der Waals surface area contributed by atoms with E-state index in [2.05, 4.69) is 76.2 Å². The van der Waals surface area contributed by atoms with Gasteiger partial charge in [0.15, 0.2) is 5.78 Å². The number of rotatable bonds is 9. The Morgan fingerprint density at radius 1 is 0.913 bits per heavy atom. The number of fused-ring (bicyclic) bond motifs is 3. The van der Waals surface area contributed by atoms with Crippen LogP contribution in [0.25, 0.3) is 44.1 Å². The molecular weight excluding hydrogens is 747 g/mol. The normalized spacial score (nSPS) is 13.7. The first kappa shape index (κ1) is 35.6. The van der Waals surface area contributed by atoms with Gasteiger partial charge in [0.05, 0.1) is 16.9 Å². The van der Waals surface area contributed by atoms with Gasteiger partial charge in [-0.15, -0.1) is 17.7 Å². The molecule has 0 bridgehead atoms. The molecule has 0 fully saturated rings. The van der Waals surface area contributed by atoms with Crippen molar-refractivity contribution in [2.24, 2.45) is 17.8 Å². The Bertz CT molecular complexity index is 1870. The number of pyridine rings is 1. The number of hydrogen-bond acceptors (Lipinski definition) is 4. The Kier molecular flexibility index (Phi) is 11.3. The quantitative estimate of drug-likeness (QED) is 0.0917. The van der Waals surface area contributed by atoms with E-state index in [4.69, 9.17) is 9.40 Å². The minimum atomic E-state index is -0.201. The van der Waals surface area contributed by atoms with Gasteiger partial charge >= 0.3 is 0 Å². The second kappa shape index (κ2) is 14.7. The zero-order chi connectivity index (χ0) is 32.5. The molecule has 4 nitrogen and oxygen atoms in total. The molecule has 2 heterocycles. The number of aliphatic hydroxyl groups is 1. The number of aromatic nitrogens is 1. The molecule has 245 valence electrons. The Morgan fingerprint density at radius 3 is 2.24 bits per heavy atom. The number of carbonyl (C=O) groups is 1. The van der Waals surface area contributed by atoms with E-state index in [0.29, 0.717) is 5.92 Å². The summed E-state index contributed by atoms with van der Waals surface area (Å²) in [6.45, 7) is 17.2. The number of carbonyl (C=O) groups excluding carboxylic acids is 1. The van der Waals surface area contributed by atoms with Gasteiger partial charge in [-0.1, -0.05) is 96.7 Å². The number of aliphatic hydroxyl groups excluding tert-OH is 1. The topological polar surface area (TPSA) is 63.3 Å². The van der Waals surface area contributed by atoms with Gasteiger partial charge in [-0.2, -0.15) is 0 Å². The molecular formula is C41H48IrNO3-. The second-order valence-electron chi connectivity index (χ2n) is 13.5. The molecule has 0 atom stereocenters. The molecule has 3 aromatic carbocycles. The number of nitrogens with zero attached hydrogens (tertiary/aromatic N) is 1. The van der Waals surface area contributed by atoms with E-state index < -0.39 is 0 Å². The molecule has 0 saturated heterocycles. The average Bonchev–Trinajstić information content (AvgIpc) is 3.37. The molecule has 1 aliphatic carbocycles. The van der Waals surface area contributed by atoms with Crippen LogP contribution in [0.1, 0.15) is 97.8 Å². The van der Waals surface area contributed by atoms with Crippen molar-refractivity contribution in [1.82, 2.24) is 4.98 Å². The zero-order valence-electron chi connectivity index (χ0n) is 28.6. The number of benzene rings is 3. The summed E-state index contributed by atoms with van der Waals surface area (Å²) in [7, 11) is 0. The monoisotopic (exact) mass is 795 g/mol. The van der Waals surface area contributed by atoms with Gasteiger partial charge < -0.3 is 9.52 Å². The first-order valence-corrected chi connectivity index (χ1v) is 16.8. The number of allylic oxidation sites excluding steroid dienone is 2. The first-order valence-electron chi connectivity index (χ1n) is 16.8. The smallest absolute Gasteiger partial charge is 0.162 e. The van der Waals surface area contributed by atoms with Crippen LogP contribution in [-0.2, 0) is 36.7 Å². The molecule has 0 aliphatic heterocycles. The van der Waals surface area contributed by atoms with Crippen LogP contribution in [0.15, 0.2) is 70.8 Å². The summed E-state index contributed by atoms with van der Waals surface area (Å²) in [6.07, 6.45) is 5.99. The zero-order valence-corrected chi connectivity index (χ0v) is 31.0. The predicted molar refractivity (Wildman–Crippen MR) is 188 cm³/mol. The van der Waals surface area contributed by atoms with Gasteiger partial charge in [0.2, 0.25) is 0 Å². The summed E-state index contributed by atoms with van der Waals surface area (Å²) in [6, 6.07) is 22.9. The van der Waals surface area contributed by atoms with Crippen molar-refractivity contribution in [3.05, 3.63) is 89.2 Å². The van der Waals surface area contributed by atoms with Crippen LogP contribution in [0.5, 0.6) is 0 Å². The maximum Gasteiger partial charge on any atom is 0.162 e. The fraction of sp³-hybridized carbons (Fsp3) is 0.415. The summed E-state index contributed by atoms with van der Waals surface area (Å²) in [5.41, 5.74) is 8.67. The van der Waals surface area contributed by atoms with Crippen LogP contribution in [0.4, 0.5) is 0 Å². The molecule has 0 spiro atoms. The van der Waals surface area contributed by atoms with Crippen LogP contribution >= 0.6 is 0 Å². The van der Waals surface area contributed by atoms with Crippen LogP contribution < -0.4 is 0 Å². The van der Waals surface area contributed by atoms with Crippen LogP contribution in [0, 0.1) is 23.8 Å². The largest absolute Gasteiger partial charge is 0.512 e. The van der Waals surface area contributed by atoms with Gasteiger partial charge in [0.25, 0.3) is 0 Å². The van der Waals surface area contributed by atoms with E-state index in [9.17, 15) is 9.90 Å². The van der Waals surface area contributed by atoms with E-state index in [-0.39, 0.29) is 48.9 Å². The second-order valence-corrected chi connectivity index (χ2v) is 13.5. The molecule has 1 radical (unpaired) electrons. The molecule has 5 aromatic rings. The SMILES string of the molecule is CC(C)Cc1ccc2nc3c(cc2c1)C(C)(C)c1cccc2oc4cc[c-]c-3c4c12.CCC(CC)C(=O)/C=C(\O)C(CC)CC.[Ir]. The standard InChI is InChI=1S/C28H24NO.C13H24O2.Ir/c1-16(2)13-17-11-12-22-18(14-17)15-21-27(29-22)19-7-5-9-23-25(19)26-20(28(21,3)4)8-6-10-24(26)30-23;1-5-10(6-2)12(14)9-13(15)11(7-3)8-4;/h5-6,8-12,14-16H,13H2,1-4H3;9-11,14H,5-8H2,1-4H3;/q-1;;/b;12-9-;. The molecule has 46 heavy (non-hydrogen) atoms. The summed E-state index contributed by atoms with van der Waals surface area (Å²) >= 11 is 0. The molecule has 6 rings (SSSR count). The third-order valence-corrected chi connectivity index (χ3v) is 9.64. The van der Waals surface area contributed by atoms with Crippen molar-refractivity contribution < 1.29 is 34.4 Å². The Morgan fingerprint density at radius 2 is 1.59 bits per heavy atom. The number of hydrogen-bond donors (Lipinski definition) is 1. The minimum Gasteiger partial charge on any atom is -0.512 e. The molecule has 1 N–H and O–H groups in total. The maximum atomic E-state index is 11.7. The molecule has 0 unspecified atom stereocenters. The Hall–Kier alpha value is -3.27. The van der Waals surface area contributed by atoms with Gasteiger partial charge in [-0.3, -0.25) is 9.78 Å². The average molecular weight is 795 g/mol. The summed E-state index contributed by atoms with van der Waals surface area (Å²) in [4.78, 5) is 16.9. The van der Waals surface area contributed by atoms with E-state index >= 15 is 0 Å². The van der Waals surface area contributed by atoms with Crippen LogP contribution in [0.2, 0.25) is 0 Å². The van der Waals surface area contributed by atoms with Crippen molar-refractivity contribution in [2.75, 3.05) is 0 Å². The third-order valence-electron chi connectivity index (χ3n) is 9.64. The van der Waals surface area contributed by atoms with Gasteiger partial charge in [-0.25, -0.2) is 0 Å². The summed E-state index contributed by atoms with van der Waals surface area (Å²) < 4.78 is 6.21. The van der Waals surface area contributed by atoms with E-state index in [1.165, 1.54) is 33.5 Å². The summed E-state index contributed by atoms with van der Waals surface area (Å²) in [5, 5.41) is 13.3. The van der Waals surface area contributed by atoms with Crippen LogP contribution in [-0.4, -0.2) is 15.9 Å². The third kappa shape index (κ3) is 6.73. The van der Waals surface area contributed by atoms with E-state index in [1.54, 1.807) is 0 Å². The predicted octanol–water partition coefficient (Wildman–Crippen LogP) is 11.3. The van der Waals surface area contributed by atoms with Crippen molar-refractivity contribution in [3.8, 4) is 11.3 Å². The maximum absolute atomic E-state index is 11.7.